The SMILES string of the molecule is COC(=O)[C@H](CC[C@@H]1OC1(C)C)NC(=O)OC(C)(C)C. The van der Waals surface area contributed by atoms with Gasteiger partial charge in [-0.25, -0.2) is 9.59 Å². The molecule has 1 heterocycles. The Morgan fingerprint density at radius 3 is 2.30 bits per heavy atom. The molecule has 0 unspecified atom stereocenters. The quantitative estimate of drug-likeness (QED) is 0.618. The first kappa shape index (κ1) is 16.8. The highest BCUT2D eigenvalue weighted by atomic mass is 16.6. The van der Waals surface area contributed by atoms with E-state index in [1.54, 1.807) is 20.8 Å². The van der Waals surface area contributed by atoms with Crippen molar-refractivity contribution >= 4 is 12.1 Å². The lowest BCUT2D eigenvalue weighted by Crippen LogP contribution is -2.44. The normalized spacial score (nSPS) is 21.8. The molecule has 0 aliphatic carbocycles. The zero-order valence-electron chi connectivity index (χ0n) is 13.1. The minimum absolute atomic E-state index is 0.120. The Labute approximate surface area is 120 Å². The van der Waals surface area contributed by atoms with Crippen LogP contribution in [0.15, 0.2) is 0 Å². The number of hydrogen-bond donors (Lipinski definition) is 1. The summed E-state index contributed by atoms with van der Waals surface area (Å²) in [6.07, 6.45) is 0.640. The van der Waals surface area contributed by atoms with Crippen molar-refractivity contribution < 1.29 is 23.8 Å². The van der Waals surface area contributed by atoms with Crippen molar-refractivity contribution in [3.8, 4) is 0 Å². The highest BCUT2D eigenvalue weighted by Crippen LogP contribution is 2.38. The number of carbonyl (C=O) groups is 2. The Hall–Kier alpha value is -1.30. The number of nitrogens with one attached hydrogen (secondary N) is 1. The van der Waals surface area contributed by atoms with Crippen molar-refractivity contribution in [3.05, 3.63) is 0 Å². The largest absolute Gasteiger partial charge is 0.467 e. The van der Waals surface area contributed by atoms with Crippen LogP contribution >= 0.6 is 0 Å². The number of ether oxygens (including phenoxy) is 3. The molecule has 2 atom stereocenters. The van der Waals surface area contributed by atoms with Crippen LogP contribution < -0.4 is 5.32 Å². The van der Waals surface area contributed by atoms with E-state index in [4.69, 9.17) is 14.2 Å². The third-order valence-corrected chi connectivity index (χ3v) is 3.06. The maximum atomic E-state index is 11.7. The van der Waals surface area contributed by atoms with Gasteiger partial charge in [0.25, 0.3) is 0 Å². The van der Waals surface area contributed by atoms with Gasteiger partial charge < -0.3 is 19.5 Å². The molecule has 1 aliphatic heterocycles. The van der Waals surface area contributed by atoms with E-state index in [0.29, 0.717) is 12.8 Å². The monoisotopic (exact) mass is 287 g/mol. The van der Waals surface area contributed by atoms with E-state index in [0.717, 1.165) is 0 Å². The van der Waals surface area contributed by atoms with Gasteiger partial charge in [-0.15, -0.1) is 0 Å². The number of rotatable bonds is 5. The molecule has 6 heteroatoms. The molecule has 1 rings (SSSR count). The van der Waals surface area contributed by atoms with E-state index < -0.39 is 23.7 Å². The van der Waals surface area contributed by atoms with E-state index in [-0.39, 0.29) is 11.7 Å². The molecular formula is C14H25NO5. The summed E-state index contributed by atoms with van der Waals surface area (Å²) >= 11 is 0. The first-order valence-electron chi connectivity index (χ1n) is 6.80. The molecule has 1 fully saturated rings. The lowest BCUT2D eigenvalue weighted by Gasteiger charge is -2.22. The van der Waals surface area contributed by atoms with Crippen molar-refractivity contribution in [2.24, 2.45) is 0 Å². The zero-order chi connectivity index (χ0) is 15.6. The van der Waals surface area contributed by atoms with Crippen molar-refractivity contribution in [1.82, 2.24) is 5.32 Å². The average Bonchev–Trinajstić information content (AvgIpc) is 2.88. The van der Waals surface area contributed by atoms with Crippen LogP contribution in [0, 0.1) is 0 Å². The number of hydrogen-bond acceptors (Lipinski definition) is 5. The molecule has 0 spiro atoms. The summed E-state index contributed by atoms with van der Waals surface area (Å²) in [5.41, 5.74) is -0.737. The zero-order valence-corrected chi connectivity index (χ0v) is 13.1. The summed E-state index contributed by atoms with van der Waals surface area (Å²) < 4.78 is 15.3. The Morgan fingerprint density at radius 1 is 1.35 bits per heavy atom. The Balaban J connectivity index is 2.48. The fourth-order valence-electron chi connectivity index (χ4n) is 1.90. The molecule has 116 valence electrons. The summed E-state index contributed by atoms with van der Waals surface area (Å²) in [4.78, 5) is 23.4. The van der Waals surface area contributed by atoms with Crippen LogP contribution in [0.2, 0.25) is 0 Å². The molecule has 0 aromatic heterocycles. The smallest absolute Gasteiger partial charge is 0.408 e. The summed E-state index contributed by atoms with van der Waals surface area (Å²) in [6, 6.07) is -0.713. The van der Waals surface area contributed by atoms with Crippen molar-refractivity contribution in [3.63, 3.8) is 0 Å². The van der Waals surface area contributed by atoms with Crippen LogP contribution in [0.25, 0.3) is 0 Å². The maximum absolute atomic E-state index is 11.7. The van der Waals surface area contributed by atoms with Crippen LogP contribution in [-0.2, 0) is 19.0 Å². The highest BCUT2D eigenvalue weighted by Gasteiger charge is 2.47. The summed E-state index contributed by atoms with van der Waals surface area (Å²) in [7, 11) is 1.30. The van der Waals surface area contributed by atoms with Gasteiger partial charge in [0.1, 0.15) is 11.6 Å². The molecule has 6 nitrogen and oxygen atoms in total. The molecule has 0 aromatic carbocycles. The van der Waals surface area contributed by atoms with Crippen LogP contribution in [0.1, 0.15) is 47.5 Å². The Kier molecular flexibility index (Phi) is 5.02. The molecule has 0 saturated carbocycles. The predicted molar refractivity (Wildman–Crippen MR) is 73.4 cm³/mol. The van der Waals surface area contributed by atoms with E-state index >= 15 is 0 Å². The van der Waals surface area contributed by atoms with Gasteiger partial charge in [0, 0.05) is 0 Å². The third-order valence-electron chi connectivity index (χ3n) is 3.06. The second-order valence-electron chi connectivity index (χ2n) is 6.51. The van der Waals surface area contributed by atoms with E-state index in [2.05, 4.69) is 5.32 Å². The van der Waals surface area contributed by atoms with Crippen LogP contribution in [0.4, 0.5) is 4.79 Å². The number of amides is 1. The Bertz CT molecular complexity index is 372. The second-order valence-corrected chi connectivity index (χ2v) is 6.51. The van der Waals surface area contributed by atoms with Gasteiger partial charge >= 0.3 is 12.1 Å². The average molecular weight is 287 g/mol. The minimum Gasteiger partial charge on any atom is -0.467 e. The second kappa shape index (κ2) is 5.99. The minimum atomic E-state index is -0.713. The Morgan fingerprint density at radius 2 is 1.90 bits per heavy atom. The number of carbonyl (C=O) groups excluding carboxylic acids is 2. The molecule has 1 aliphatic rings. The number of epoxide rings is 1. The van der Waals surface area contributed by atoms with Crippen molar-refractivity contribution in [2.75, 3.05) is 7.11 Å². The van der Waals surface area contributed by atoms with E-state index in [1.165, 1.54) is 7.11 Å². The first-order valence-corrected chi connectivity index (χ1v) is 6.80. The van der Waals surface area contributed by atoms with Gasteiger partial charge in [0.2, 0.25) is 0 Å². The molecular weight excluding hydrogens is 262 g/mol. The number of esters is 1. The van der Waals surface area contributed by atoms with Gasteiger partial charge in [-0.1, -0.05) is 0 Å². The van der Waals surface area contributed by atoms with E-state index in [1.807, 2.05) is 13.8 Å². The molecule has 1 saturated heterocycles. The molecule has 20 heavy (non-hydrogen) atoms. The van der Waals surface area contributed by atoms with Gasteiger partial charge in [-0.3, -0.25) is 0 Å². The van der Waals surface area contributed by atoms with Crippen LogP contribution in [0.5, 0.6) is 0 Å². The topological polar surface area (TPSA) is 77.2 Å². The fraction of sp³-hybridized carbons (Fsp3) is 0.857. The molecule has 0 aromatic rings. The van der Waals surface area contributed by atoms with Gasteiger partial charge in [0.15, 0.2) is 0 Å². The summed E-state index contributed by atoms with van der Waals surface area (Å²) in [5.74, 6) is -0.477. The van der Waals surface area contributed by atoms with Crippen LogP contribution in [0.3, 0.4) is 0 Å². The standard InChI is InChI=1S/C14H25NO5/c1-13(2,3)20-12(17)15-9(11(16)18-6)7-8-10-14(4,5)19-10/h9-10H,7-8H2,1-6H3,(H,15,17)/t9-,10-/m0/s1. The van der Waals surface area contributed by atoms with Crippen LogP contribution in [-0.4, -0.2) is 42.5 Å². The number of methoxy groups -OCH3 is 1. The lowest BCUT2D eigenvalue weighted by molar-refractivity contribution is -0.143. The van der Waals surface area contributed by atoms with Crippen molar-refractivity contribution in [2.45, 2.75) is 70.8 Å². The number of alkyl carbamates (subject to hydrolysis) is 1. The van der Waals surface area contributed by atoms with Gasteiger partial charge in [-0.05, 0) is 47.5 Å². The molecule has 1 N–H and O–H groups in total. The first-order chi connectivity index (χ1) is 9.05. The van der Waals surface area contributed by atoms with Gasteiger partial charge in [0.05, 0.1) is 18.8 Å². The fourth-order valence-corrected chi connectivity index (χ4v) is 1.90. The third kappa shape index (κ3) is 5.36. The highest BCUT2D eigenvalue weighted by molar-refractivity contribution is 5.81. The predicted octanol–water partition coefficient (Wildman–Crippen LogP) is 2.01. The summed E-state index contributed by atoms with van der Waals surface area (Å²) in [6.45, 7) is 9.28. The summed E-state index contributed by atoms with van der Waals surface area (Å²) in [5, 5.41) is 2.54. The molecule has 1 amide bonds. The van der Waals surface area contributed by atoms with Gasteiger partial charge in [-0.2, -0.15) is 0 Å². The lowest BCUT2D eigenvalue weighted by atomic mass is 10.0. The molecule has 0 bridgehead atoms. The van der Waals surface area contributed by atoms with E-state index in [9.17, 15) is 9.59 Å². The maximum Gasteiger partial charge on any atom is 0.408 e. The molecule has 0 radical (unpaired) electrons. The van der Waals surface area contributed by atoms with Crippen molar-refractivity contribution in [1.29, 1.82) is 0 Å².